The maximum absolute atomic E-state index is 5.14. The van der Waals surface area contributed by atoms with Gasteiger partial charge in [0.1, 0.15) is 5.82 Å². The van der Waals surface area contributed by atoms with Crippen molar-refractivity contribution in [2.75, 3.05) is 12.4 Å². The molecule has 4 heteroatoms. The van der Waals surface area contributed by atoms with E-state index in [1.807, 2.05) is 31.3 Å². The van der Waals surface area contributed by atoms with E-state index in [4.69, 9.17) is 4.74 Å². The van der Waals surface area contributed by atoms with Gasteiger partial charge in [-0.2, -0.15) is 0 Å². The molecule has 16 heavy (non-hydrogen) atoms. The van der Waals surface area contributed by atoms with Gasteiger partial charge in [0.2, 0.25) is 0 Å². The van der Waals surface area contributed by atoms with Crippen molar-refractivity contribution in [2.24, 2.45) is 0 Å². The Morgan fingerprint density at radius 3 is 2.81 bits per heavy atom. The summed E-state index contributed by atoms with van der Waals surface area (Å²) in [4.78, 5) is 5.52. The maximum Gasteiger partial charge on any atom is 0.173 e. The number of aryl methyl sites for hydroxylation is 1. The van der Waals surface area contributed by atoms with E-state index in [-0.39, 0.29) is 0 Å². The van der Waals surface area contributed by atoms with Crippen molar-refractivity contribution in [1.29, 1.82) is 0 Å². The van der Waals surface area contributed by atoms with E-state index in [0.29, 0.717) is 0 Å². The van der Waals surface area contributed by atoms with Crippen molar-refractivity contribution >= 4 is 17.2 Å². The maximum atomic E-state index is 5.14. The van der Waals surface area contributed by atoms with Crippen LogP contribution in [-0.4, -0.2) is 12.1 Å². The molecule has 2 rings (SSSR count). The lowest BCUT2D eigenvalue weighted by Gasteiger charge is -2.03. The number of nitrogens with zero attached hydrogens (tertiary/aromatic N) is 1. The third-order valence-electron chi connectivity index (χ3n) is 2.19. The Bertz CT molecular complexity index is 450. The highest BCUT2D eigenvalue weighted by molar-refractivity contribution is 7.13. The topological polar surface area (TPSA) is 34.1 Å². The molecule has 2 aromatic rings. The van der Waals surface area contributed by atoms with Crippen molar-refractivity contribution < 1.29 is 4.74 Å². The molecule has 0 atom stereocenters. The van der Waals surface area contributed by atoms with Gasteiger partial charge in [-0.05, 0) is 30.7 Å². The van der Waals surface area contributed by atoms with Gasteiger partial charge in [-0.1, -0.05) is 6.07 Å². The quantitative estimate of drug-likeness (QED) is 0.882. The largest absolute Gasteiger partial charge is 0.487 e. The second-order valence-electron chi connectivity index (χ2n) is 3.50. The van der Waals surface area contributed by atoms with Crippen molar-refractivity contribution in [3.05, 3.63) is 40.9 Å². The zero-order valence-electron chi connectivity index (χ0n) is 9.36. The van der Waals surface area contributed by atoms with Crippen LogP contribution in [0.2, 0.25) is 0 Å². The fraction of sp³-hybridized carbons (Fsp3) is 0.250. The Hall–Kier alpha value is -1.55. The smallest absolute Gasteiger partial charge is 0.173 e. The summed E-state index contributed by atoms with van der Waals surface area (Å²) in [6, 6.07) is 8.07. The van der Waals surface area contributed by atoms with Crippen molar-refractivity contribution in [3.63, 3.8) is 0 Å². The Morgan fingerprint density at radius 2 is 2.19 bits per heavy atom. The summed E-state index contributed by atoms with van der Waals surface area (Å²) in [5, 5.41) is 4.21. The van der Waals surface area contributed by atoms with E-state index in [1.165, 1.54) is 10.4 Å². The van der Waals surface area contributed by atoms with E-state index in [0.717, 1.165) is 17.4 Å². The van der Waals surface area contributed by atoms with Crippen LogP contribution in [0.15, 0.2) is 30.5 Å². The highest BCUT2D eigenvalue weighted by atomic mass is 32.1. The number of rotatable bonds is 4. The molecule has 0 unspecified atom stereocenters. The Kier molecular flexibility index (Phi) is 3.41. The number of hydrogen-bond donors (Lipinski definition) is 1. The third-order valence-corrected chi connectivity index (χ3v) is 3.24. The average Bonchev–Trinajstić information content (AvgIpc) is 2.76. The lowest BCUT2D eigenvalue weighted by molar-refractivity contribution is 0.427. The molecule has 0 saturated heterocycles. The molecule has 0 radical (unpaired) electrons. The molecule has 0 aliphatic rings. The van der Waals surface area contributed by atoms with Gasteiger partial charge < -0.3 is 10.1 Å². The van der Waals surface area contributed by atoms with Gasteiger partial charge in [0, 0.05) is 11.1 Å². The van der Waals surface area contributed by atoms with Gasteiger partial charge >= 0.3 is 0 Å². The average molecular weight is 234 g/mol. The molecule has 0 saturated carbocycles. The van der Waals surface area contributed by atoms with Gasteiger partial charge in [0.05, 0.1) is 13.7 Å². The number of pyridine rings is 1. The van der Waals surface area contributed by atoms with Crippen molar-refractivity contribution in [1.82, 2.24) is 4.98 Å². The van der Waals surface area contributed by atoms with Crippen molar-refractivity contribution in [2.45, 2.75) is 13.5 Å². The first kappa shape index (κ1) is 11.0. The number of nitrogens with one attached hydrogen (secondary N) is 1. The zero-order valence-corrected chi connectivity index (χ0v) is 10.2. The van der Waals surface area contributed by atoms with Gasteiger partial charge in [-0.3, -0.25) is 0 Å². The summed E-state index contributed by atoms with van der Waals surface area (Å²) in [6.45, 7) is 2.81. The summed E-state index contributed by atoms with van der Waals surface area (Å²) in [7, 11) is 1.69. The first-order valence-electron chi connectivity index (χ1n) is 5.07. The van der Waals surface area contributed by atoms with E-state index in [9.17, 15) is 0 Å². The number of ether oxygens (including phenoxy) is 1. The standard InChI is InChI=1S/C12H14N2OS/c1-9-3-5-11(13-7-9)14-8-10-4-6-12(15-2)16-10/h3-7H,8H2,1-2H3,(H,13,14). The molecular formula is C12H14N2OS. The predicted molar refractivity (Wildman–Crippen MR) is 67.2 cm³/mol. The summed E-state index contributed by atoms with van der Waals surface area (Å²) in [5.41, 5.74) is 1.17. The highest BCUT2D eigenvalue weighted by Crippen LogP contribution is 2.24. The Labute approximate surface area is 99.1 Å². The van der Waals surface area contributed by atoms with Crippen LogP contribution in [0.4, 0.5) is 5.82 Å². The molecule has 0 aliphatic heterocycles. The number of thiophene rings is 1. The molecule has 2 aromatic heterocycles. The summed E-state index contributed by atoms with van der Waals surface area (Å²) in [5.74, 6) is 0.901. The summed E-state index contributed by atoms with van der Waals surface area (Å²) >= 11 is 1.64. The molecule has 0 amide bonds. The van der Waals surface area contributed by atoms with Crippen LogP contribution >= 0.6 is 11.3 Å². The third kappa shape index (κ3) is 2.73. The van der Waals surface area contributed by atoms with Gasteiger partial charge in [-0.15, -0.1) is 11.3 Å². The molecule has 84 valence electrons. The number of anilines is 1. The van der Waals surface area contributed by atoms with Crippen LogP contribution < -0.4 is 10.1 Å². The van der Waals surface area contributed by atoms with Gasteiger partial charge in [-0.25, -0.2) is 4.98 Å². The SMILES string of the molecule is COc1ccc(CNc2ccc(C)cn2)s1. The van der Waals surface area contributed by atoms with E-state index >= 15 is 0 Å². The Morgan fingerprint density at radius 1 is 1.31 bits per heavy atom. The molecule has 2 heterocycles. The fourth-order valence-electron chi connectivity index (χ4n) is 1.31. The van der Waals surface area contributed by atoms with E-state index in [1.54, 1.807) is 18.4 Å². The van der Waals surface area contributed by atoms with Crippen LogP contribution in [0.25, 0.3) is 0 Å². The van der Waals surface area contributed by atoms with Crippen LogP contribution in [0.1, 0.15) is 10.4 Å². The minimum atomic E-state index is 0.782. The molecule has 0 spiro atoms. The minimum Gasteiger partial charge on any atom is -0.487 e. The van der Waals surface area contributed by atoms with Crippen LogP contribution in [-0.2, 0) is 6.54 Å². The van der Waals surface area contributed by atoms with Crippen LogP contribution in [0.5, 0.6) is 5.06 Å². The molecule has 3 nitrogen and oxygen atoms in total. The first-order chi connectivity index (χ1) is 7.78. The highest BCUT2D eigenvalue weighted by Gasteiger charge is 2.00. The lowest BCUT2D eigenvalue weighted by atomic mass is 10.3. The molecule has 0 bridgehead atoms. The van der Waals surface area contributed by atoms with Gasteiger partial charge in [0.15, 0.2) is 5.06 Å². The Balaban J connectivity index is 1.94. The lowest BCUT2D eigenvalue weighted by Crippen LogP contribution is -1.99. The number of aromatic nitrogens is 1. The second-order valence-corrected chi connectivity index (χ2v) is 4.63. The van der Waals surface area contributed by atoms with Crippen LogP contribution in [0.3, 0.4) is 0 Å². The minimum absolute atomic E-state index is 0.782. The fourth-order valence-corrected chi connectivity index (χ4v) is 2.07. The normalized spacial score (nSPS) is 10.1. The number of methoxy groups -OCH3 is 1. The predicted octanol–water partition coefficient (Wildman–Crippen LogP) is 3.07. The molecule has 0 aliphatic carbocycles. The zero-order chi connectivity index (χ0) is 11.4. The van der Waals surface area contributed by atoms with Crippen molar-refractivity contribution in [3.8, 4) is 5.06 Å². The molecule has 0 fully saturated rings. The number of hydrogen-bond acceptors (Lipinski definition) is 4. The molecule has 0 aromatic carbocycles. The van der Waals surface area contributed by atoms with E-state index < -0.39 is 0 Å². The van der Waals surface area contributed by atoms with Gasteiger partial charge in [0.25, 0.3) is 0 Å². The van der Waals surface area contributed by atoms with Crippen LogP contribution in [0, 0.1) is 6.92 Å². The summed E-state index contributed by atoms with van der Waals surface area (Å²) < 4.78 is 5.14. The monoisotopic (exact) mass is 234 g/mol. The van der Waals surface area contributed by atoms with E-state index in [2.05, 4.69) is 16.4 Å². The summed E-state index contributed by atoms with van der Waals surface area (Å²) in [6.07, 6.45) is 1.86. The molecule has 1 N–H and O–H groups in total. The molecular weight excluding hydrogens is 220 g/mol. The first-order valence-corrected chi connectivity index (χ1v) is 5.89. The second kappa shape index (κ2) is 4.99.